The van der Waals surface area contributed by atoms with Gasteiger partial charge in [-0.2, -0.15) is 0 Å². The molecule has 0 spiro atoms. The maximum Gasteiger partial charge on any atom is 0.311 e. The lowest BCUT2D eigenvalue weighted by Gasteiger charge is -2.13. The van der Waals surface area contributed by atoms with Crippen LogP contribution in [0.3, 0.4) is 0 Å². The molecule has 1 atom stereocenters. The smallest absolute Gasteiger partial charge is 0.311 e. The second-order valence-electron chi connectivity index (χ2n) is 3.94. The van der Waals surface area contributed by atoms with Gasteiger partial charge in [-0.15, -0.1) is 0 Å². The zero-order valence-electron chi connectivity index (χ0n) is 10.3. The van der Waals surface area contributed by atoms with Gasteiger partial charge in [0.2, 0.25) is 0 Å². The van der Waals surface area contributed by atoms with Crippen LogP contribution in [0.25, 0.3) is 0 Å². The van der Waals surface area contributed by atoms with Gasteiger partial charge in [-0.1, -0.05) is 13.0 Å². The Hall–Kier alpha value is -2.11. The Balaban J connectivity index is 2.94. The largest absolute Gasteiger partial charge is 0.483 e. The molecule has 0 amide bonds. The molecule has 0 saturated carbocycles. The number of nitro benzene ring substituents is 1. The first-order valence-electron chi connectivity index (χ1n) is 5.59. The number of ether oxygens (including phenoxy) is 1. The summed E-state index contributed by atoms with van der Waals surface area (Å²) in [7, 11) is 0. The van der Waals surface area contributed by atoms with E-state index in [1.165, 1.54) is 12.1 Å². The summed E-state index contributed by atoms with van der Waals surface area (Å²) < 4.78 is 5.29. The molecule has 0 unspecified atom stereocenters. The van der Waals surface area contributed by atoms with Crippen molar-refractivity contribution in [2.45, 2.75) is 32.8 Å². The van der Waals surface area contributed by atoms with E-state index in [9.17, 15) is 14.9 Å². The minimum atomic E-state index is -1.00. The summed E-state index contributed by atoms with van der Waals surface area (Å²) >= 11 is 0. The summed E-state index contributed by atoms with van der Waals surface area (Å²) in [5.41, 5.74) is 0.700. The molecule has 0 aliphatic rings. The third-order valence-electron chi connectivity index (χ3n) is 2.42. The minimum Gasteiger partial charge on any atom is -0.483 e. The van der Waals surface area contributed by atoms with Crippen molar-refractivity contribution in [1.82, 2.24) is 0 Å². The first-order valence-corrected chi connectivity index (χ1v) is 5.59. The number of hydrogen-bond acceptors (Lipinski definition) is 4. The van der Waals surface area contributed by atoms with Crippen LogP contribution in [-0.2, 0) is 11.2 Å². The summed E-state index contributed by atoms with van der Waals surface area (Å²) in [5.74, 6) is -0.902. The quantitative estimate of drug-likeness (QED) is 0.621. The van der Waals surface area contributed by atoms with Crippen LogP contribution >= 0.6 is 0 Å². The highest BCUT2D eigenvalue weighted by Crippen LogP contribution is 2.29. The van der Waals surface area contributed by atoms with Crippen molar-refractivity contribution in [3.05, 3.63) is 33.9 Å². The first kappa shape index (κ1) is 14.0. The van der Waals surface area contributed by atoms with E-state index in [2.05, 4.69) is 0 Å². The zero-order chi connectivity index (χ0) is 13.7. The fourth-order valence-electron chi connectivity index (χ4n) is 1.53. The van der Waals surface area contributed by atoms with Gasteiger partial charge in [0.05, 0.1) is 11.3 Å². The molecule has 1 N–H and O–H groups in total. The molecule has 0 saturated heterocycles. The van der Waals surface area contributed by atoms with Crippen molar-refractivity contribution in [2.75, 3.05) is 0 Å². The van der Waals surface area contributed by atoms with Gasteiger partial charge in [-0.25, -0.2) is 0 Å². The molecule has 0 fully saturated rings. The third-order valence-corrected chi connectivity index (χ3v) is 2.42. The van der Waals surface area contributed by atoms with E-state index in [-0.39, 0.29) is 17.9 Å². The molecule has 18 heavy (non-hydrogen) atoms. The molecule has 0 aliphatic carbocycles. The van der Waals surface area contributed by atoms with Crippen LogP contribution < -0.4 is 4.74 Å². The van der Waals surface area contributed by atoms with Crippen LogP contribution in [0.15, 0.2) is 18.2 Å². The van der Waals surface area contributed by atoms with Crippen molar-refractivity contribution >= 4 is 11.7 Å². The molecule has 98 valence electrons. The average molecular weight is 253 g/mol. The van der Waals surface area contributed by atoms with E-state index in [1.807, 2.05) is 6.92 Å². The number of rotatable bonds is 6. The van der Waals surface area contributed by atoms with Crippen molar-refractivity contribution in [3.63, 3.8) is 0 Å². The predicted molar refractivity (Wildman–Crippen MR) is 64.8 cm³/mol. The predicted octanol–water partition coefficient (Wildman–Crippen LogP) is 2.40. The summed E-state index contributed by atoms with van der Waals surface area (Å²) in [4.78, 5) is 20.9. The first-order chi connectivity index (χ1) is 8.43. The number of carboxylic acid groups (broad SMARTS) is 1. The number of hydrogen-bond donors (Lipinski definition) is 1. The number of nitro groups is 1. The summed E-state index contributed by atoms with van der Waals surface area (Å²) in [6.07, 6.45) is -0.132. The lowest BCUT2D eigenvalue weighted by molar-refractivity contribution is -0.386. The van der Waals surface area contributed by atoms with Crippen LogP contribution in [0.2, 0.25) is 0 Å². The fraction of sp³-hybridized carbons (Fsp3) is 0.417. The second kappa shape index (κ2) is 6.00. The molecule has 0 heterocycles. The molecule has 0 radical (unpaired) electrons. The van der Waals surface area contributed by atoms with Gasteiger partial charge in [0.15, 0.2) is 5.75 Å². The van der Waals surface area contributed by atoms with Gasteiger partial charge < -0.3 is 9.84 Å². The van der Waals surface area contributed by atoms with Crippen LogP contribution in [0.1, 0.15) is 25.8 Å². The highest BCUT2D eigenvalue weighted by atomic mass is 16.6. The van der Waals surface area contributed by atoms with E-state index in [4.69, 9.17) is 9.84 Å². The van der Waals surface area contributed by atoms with Crippen LogP contribution in [0, 0.1) is 10.1 Å². The average Bonchev–Trinajstić information content (AvgIpc) is 2.28. The number of aliphatic carboxylic acids is 1. The topological polar surface area (TPSA) is 89.7 Å². The van der Waals surface area contributed by atoms with Crippen LogP contribution in [-0.4, -0.2) is 22.1 Å². The molecule has 1 rings (SSSR count). The molecule has 0 aromatic heterocycles. The Morgan fingerprint density at radius 3 is 2.72 bits per heavy atom. The van der Waals surface area contributed by atoms with E-state index in [0.717, 1.165) is 5.56 Å². The van der Waals surface area contributed by atoms with E-state index in [1.54, 1.807) is 13.0 Å². The van der Waals surface area contributed by atoms with Gasteiger partial charge >= 0.3 is 11.7 Å². The molecule has 0 bridgehead atoms. The van der Waals surface area contributed by atoms with Crippen molar-refractivity contribution in [3.8, 4) is 5.75 Å². The Bertz CT molecular complexity index is 458. The second-order valence-corrected chi connectivity index (χ2v) is 3.94. The highest BCUT2D eigenvalue weighted by Gasteiger charge is 2.18. The van der Waals surface area contributed by atoms with Gasteiger partial charge in [0.1, 0.15) is 6.10 Å². The molecule has 0 aliphatic heterocycles. The number of carboxylic acids is 1. The monoisotopic (exact) mass is 253 g/mol. The van der Waals surface area contributed by atoms with Gasteiger partial charge in [-0.3, -0.25) is 14.9 Å². The standard InChI is InChI=1S/C12H15NO5/c1-3-9-4-5-11(10(7-9)13(16)17)18-8(2)6-12(14)15/h4-5,7-8H,3,6H2,1-2H3,(H,14,15)/t8-/m1/s1. The van der Waals surface area contributed by atoms with Crippen LogP contribution in [0.4, 0.5) is 5.69 Å². The number of nitrogens with zero attached hydrogens (tertiary/aromatic N) is 1. The van der Waals surface area contributed by atoms with E-state index in [0.29, 0.717) is 6.42 Å². The molecule has 1 aromatic carbocycles. The maximum atomic E-state index is 10.9. The lowest BCUT2D eigenvalue weighted by atomic mass is 10.1. The van der Waals surface area contributed by atoms with Crippen LogP contribution in [0.5, 0.6) is 5.75 Å². The van der Waals surface area contributed by atoms with Crippen molar-refractivity contribution in [2.24, 2.45) is 0 Å². The normalized spacial score (nSPS) is 11.9. The van der Waals surface area contributed by atoms with E-state index < -0.39 is 17.0 Å². The molecular weight excluding hydrogens is 238 g/mol. The van der Waals surface area contributed by atoms with E-state index >= 15 is 0 Å². The summed E-state index contributed by atoms with van der Waals surface area (Å²) in [6, 6.07) is 4.69. The Morgan fingerprint density at radius 1 is 1.56 bits per heavy atom. The Kier molecular flexibility index (Phi) is 4.65. The van der Waals surface area contributed by atoms with Gasteiger partial charge in [-0.05, 0) is 25.0 Å². The Labute approximate surface area is 104 Å². The lowest BCUT2D eigenvalue weighted by Crippen LogP contribution is -2.17. The molecular formula is C12H15NO5. The van der Waals surface area contributed by atoms with Crippen molar-refractivity contribution < 1.29 is 19.6 Å². The molecule has 1 aromatic rings. The summed E-state index contributed by atoms with van der Waals surface area (Å²) in [5, 5.41) is 19.5. The van der Waals surface area contributed by atoms with Crippen molar-refractivity contribution in [1.29, 1.82) is 0 Å². The van der Waals surface area contributed by atoms with Gasteiger partial charge in [0.25, 0.3) is 0 Å². The highest BCUT2D eigenvalue weighted by molar-refractivity contribution is 5.67. The molecule has 6 nitrogen and oxygen atoms in total. The zero-order valence-corrected chi connectivity index (χ0v) is 10.3. The van der Waals surface area contributed by atoms with Gasteiger partial charge in [0, 0.05) is 6.07 Å². The minimum absolute atomic E-state index is 0.103. The SMILES string of the molecule is CCc1ccc(O[C@H](C)CC(=O)O)c([N+](=O)[O-])c1. The Morgan fingerprint density at radius 2 is 2.22 bits per heavy atom. The number of carbonyl (C=O) groups is 1. The number of aryl methyl sites for hydroxylation is 1. The summed E-state index contributed by atoms with van der Waals surface area (Å²) in [6.45, 7) is 3.46. The molecule has 6 heteroatoms. The fourth-order valence-corrected chi connectivity index (χ4v) is 1.53. The third kappa shape index (κ3) is 3.73. The maximum absolute atomic E-state index is 10.9. The number of benzene rings is 1.